The van der Waals surface area contributed by atoms with Crippen LogP contribution in [0, 0.1) is 5.92 Å². The fourth-order valence-corrected chi connectivity index (χ4v) is 2.59. The van der Waals surface area contributed by atoms with Gasteiger partial charge in [0.2, 0.25) is 0 Å². The van der Waals surface area contributed by atoms with Gasteiger partial charge in [-0.15, -0.1) is 0 Å². The molecule has 0 aromatic rings. The third kappa shape index (κ3) is 1.51. The average molecular weight is 225 g/mol. The number of rotatable bonds is 0. The maximum atomic E-state index is 12.0. The first-order chi connectivity index (χ1) is 7.25. The van der Waals surface area contributed by atoms with Crippen molar-refractivity contribution in [1.29, 1.82) is 0 Å². The highest BCUT2D eigenvalue weighted by Gasteiger charge is 2.60. The van der Waals surface area contributed by atoms with E-state index in [2.05, 4.69) is 0 Å². The summed E-state index contributed by atoms with van der Waals surface area (Å²) in [7, 11) is 0. The van der Waals surface area contributed by atoms with Crippen LogP contribution in [0.3, 0.4) is 0 Å². The molecule has 16 heavy (non-hydrogen) atoms. The number of hydrogen-bond acceptors (Lipinski definition) is 3. The minimum Gasteiger partial charge on any atom is -0.444 e. The second-order valence-corrected chi connectivity index (χ2v) is 5.89. The number of hydrogen-bond donors (Lipinski definition) is 0. The van der Waals surface area contributed by atoms with Gasteiger partial charge in [-0.1, -0.05) is 0 Å². The maximum Gasteiger partial charge on any atom is 0.411 e. The van der Waals surface area contributed by atoms with Gasteiger partial charge in [0.1, 0.15) is 11.1 Å². The van der Waals surface area contributed by atoms with Crippen LogP contribution < -0.4 is 0 Å². The number of nitrogens with zero attached hydrogens (tertiary/aromatic N) is 1. The number of carbonyl (C=O) groups excluding carboxylic acids is 2. The zero-order chi connectivity index (χ0) is 12.1. The standard InChI is InChI=1S/C12H19NO3/c1-11(2,3)16-10(15)13-6-5-8-7-9(14)12(8,13)4/h8H,5-7H2,1-4H3. The Morgan fingerprint density at radius 3 is 2.62 bits per heavy atom. The summed E-state index contributed by atoms with van der Waals surface area (Å²) in [6.07, 6.45) is 1.18. The summed E-state index contributed by atoms with van der Waals surface area (Å²) in [4.78, 5) is 25.2. The van der Waals surface area contributed by atoms with Gasteiger partial charge in [-0.2, -0.15) is 0 Å². The summed E-state index contributed by atoms with van der Waals surface area (Å²) in [5.41, 5.74) is -1.08. The highest BCUT2D eigenvalue weighted by Crippen LogP contribution is 2.47. The van der Waals surface area contributed by atoms with Gasteiger partial charge in [0.15, 0.2) is 5.78 Å². The smallest absolute Gasteiger partial charge is 0.411 e. The summed E-state index contributed by atoms with van der Waals surface area (Å²) >= 11 is 0. The number of ketones is 1. The van der Waals surface area contributed by atoms with E-state index in [9.17, 15) is 9.59 Å². The number of ether oxygens (including phenoxy) is 1. The highest BCUT2D eigenvalue weighted by molar-refractivity contribution is 5.98. The second-order valence-electron chi connectivity index (χ2n) is 5.89. The molecule has 90 valence electrons. The molecule has 4 heteroatoms. The van der Waals surface area contributed by atoms with Crippen molar-refractivity contribution in [3.05, 3.63) is 0 Å². The van der Waals surface area contributed by atoms with Crippen LogP contribution in [0.1, 0.15) is 40.5 Å². The van der Waals surface area contributed by atoms with Gasteiger partial charge in [0, 0.05) is 13.0 Å². The SMILES string of the molecule is CC(C)(C)OC(=O)N1CCC2CC(=O)C21C. The lowest BCUT2D eigenvalue weighted by Gasteiger charge is -2.45. The van der Waals surface area contributed by atoms with Gasteiger partial charge < -0.3 is 4.74 Å². The van der Waals surface area contributed by atoms with E-state index in [-0.39, 0.29) is 11.9 Å². The Hall–Kier alpha value is -1.06. The summed E-state index contributed by atoms with van der Waals surface area (Å²) < 4.78 is 5.32. The predicted octanol–water partition coefficient (Wildman–Crippen LogP) is 1.97. The lowest BCUT2D eigenvalue weighted by atomic mass is 9.67. The lowest BCUT2D eigenvalue weighted by Crippen LogP contribution is -2.61. The molecule has 0 bridgehead atoms. The Bertz CT molecular complexity index is 345. The molecule has 0 aromatic heterocycles. The van der Waals surface area contributed by atoms with Crippen LogP contribution in [0.25, 0.3) is 0 Å². The van der Waals surface area contributed by atoms with E-state index in [1.807, 2.05) is 27.7 Å². The minimum atomic E-state index is -0.581. The molecule has 0 N–H and O–H groups in total. The average Bonchev–Trinajstić information content (AvgIpc) is 2.38. The molecule has 0 radical (unpaired) electrons. The molecule has 2 unspecified atom stereocenters. The number of carbonyl (C=O) groups is 2. The first-order valence-electron chi connectivity index (χ1n) is 5.79. The first kappa shape index (κ1) is 11.4. The van der Waals surface area contributed by atoms with Gasteiger partial charge >= 0.3 is 6.09 Å². The summed E-state index contributed by atoms with van der Waals surface area (Å²) in [5.74, 6) is 0.508. The molecule has 0 aromatic carbocycles. The van der Waals surface area contributed by atoms with Gasteiger partial charge in [-0.25, -0.2) is 4.79 Å². The quantitative estimate of drug-likeness (QED) is 0.633. The Balaban J connectivity index is 2.11. The molecule has 1 aliphatic carbocycles. The van der Waals surface area contributed by atoms with E-state index < -0.39 is 11.1 Å². The van der Waals surface area contributed by atoms with Crippen molar-refractivity contribution in [1.82, 2.24) is 4.90 Å². The number of amides is 1. The van der Waals surface area contributed by atoms with Crippen molar-refractivity contribution >= 4 is 11.9 Å². The van der Waals surface area contributed by atoms with Crippen LogP contribution in [0.2, 0.25) is 0 Å². The zero-order valence-corrected chi connectivity index (χ0v) is 10.4. The van der Waals surface area contributed by atoms with Crippen molar-refractivity contribution in [3.63, 3.8) is 0 Å². The number of likely N-dealkylation sites (tertiary alicyclic amines) is 1. The van der Waals surface area contributed by atoms with Gasteiger partial charge in [-0.3, -0.25) is 9.69 Å². The van der Waals surface area contributed by atoms with Crippen LogP contribution in [-0.4, -0.2) is 34.5 Å². The third-order valence-electron chi connectivity index (χ3n) is 3.67. The van der Waals surface area contributed by atoms with Crippen molar-refractivity contribution in [2.45, 2.75) is 51.7 Å². The molecular weight excluding hydrogens is 206 g/mol. The van der Waals surface area contributed by atoms with Crippen molar-refractivity contribution in [2.24, 2.45) is 5.92 Å². The second kappa shape index (κ2) is 3.22. The topological polar surface area (TPSA) is 46.6 Å². The Kier molecular flexibility index (Phi) is 2.30. The van der Waals surface area contributed by atoms with E-state index in [4.69, 9.17) is 4.74 Å². The van der Waals surface area contributed by atoms with E-state index in [1.54, 1.807) is 4.90 Å². The van der Waals surface area contributed by atoms with Gasteiger partial charge in [-0.05, 0) is 40.0 Å². The molecule has 2 fully saturated rings. The van der Waals surface area contributed by atoms with E-state index in [1.165, 1.54) is 0 Å². The maximum absolute atomic E-state index is 12.0. The highest BCUT2D eigenvalue weighted by atomic mass is 16.6. The molecule has 4 nitrogen and oxygen atoms in total. The van der Waals surface area contributed by atoms with Gasteiger partial charge in [0.25, 0.3) is 0 Å². The molecule has 1 heterocycles. The first-order valence-corrected chi connectivity index (χ1v) is 5.79. The van der Waals surface area contributed by atoms with Crippen molar-refractivity contribution in [2.75, 3.05) is 6.54 Å². The van der Waals surface area contributed by atoms with E-state index in [0.717, 1.165) is 6.42 Å². The molecule has 2 aliphatic rings. The molecule has 0 spiro atoms. The number of fused-ring (bicyclic) bond motifs is 1. The van der Waals surface area contributed by atoms with Crippen LogP contribution in [-0.2, 0) is 9.53 Å². The zero-order valence-electron chi connectivity index (χ0n) is 10.4. The molecule has 1 aliphatic heterocycles. The summed E-state index contributed by atoms with van der Waals surface area (Å²) in [6, 6.07) is 0. The minimum absolute atomic E-state index is 0.167. The largest absolute Gasteiger partial charge is 0.444 e. The van der Waals surface area contributed by atoms with E-state index in [0.29, 0.717) is 18.9 Å². The van der Waals surface area contributed by atoms with Crippen LogP contribution in [0.4, 0.5) is 4.79 Å². The van der Waals surface area contributed by atoms with Crippen LogP contribution in [0.15, 0.2) is 0 Å². The Labute approximate surface area is 95.9 Å². The lowest BCUT2D eigenvalue weighted by molar-refractivity contribution is -0.141. The van der Waals surface area contributed by atoms with Crippen molar-refractivity contribution < 1.29 is 14.3 Å². The third-order valence-corrected chi connectivity index (χ3v) is 3.67. The van der Waals surface area contributed by atoms with Crippen LogP contribution >= 0.6 is 0 Å². The normalized spacial score (nSPS) is 33.4. The fourth-order valence-electron chi connectivity index (χ4n) is 2.59. The molecule has 2 atom stereocenters. The molecule has 2 rings (SSSR count). The van der Waals surface area contributed by atoms with E-state index >= 15 is 0 Å². The molecular formula is C12H19NO3. The van der Waals surface area contributed by atoms with Gasteiger partial charge in [0.05, 0.1) is 0 Å². The fraction of sp³-hybridized carbons (Fsp3) is 0.833. The summed E-state index contributed by atoms with van der Waals surface area (Å²) in [6.45, 7) is 8.01. The summed E-state index contributed by atoms with van der Waals surface area (Å²) in [5, 5.41) is 0. The Morgan fingerprint density at radius 2 is 2.12 bits per heavy atom. The molecule has 1 saturated carbocycles. The number of Topliss-reactive ketones (excluding diaryl/α,β-unsaturated/α-hetero) is 1. The molecule has 1 saturated heterocycles. The van der Waals surface area contributed by atoms with Crippen molar-refractivity contribution in [3.8, 4) is 0 Å². The predicted molar refractivity (Wildman–Crippen MR) is 59.1 cm³/mol. The Morgan fingerprint density at radius 1 is 1.50 bits per heavy atom. The van der Waals surface area contributed by atoms with Crippen LogP contribution in [0.5, 0.6) is 0 Å². The monoisotopic (exact) mass is 225 g/mol. The molecule has 1 amide bonds.